The van der Waals surface area contributed by atoms with E-state index in [0.29, 0.717) is 5.52 Å². The number of aromatic nitrogens is 1. The van der Waals surface area contributed by atoms with Crippen molar-refractivity contribution in [2.75, 3.05) is 5.43 Å². The maximum absolute atomic E-state index is 11.6. The van der Waals surface area contributed by atoms with Crippen LogP contribution in [0.3, 0.4) is 0 Å². The number of hydrogen-bond donors (Lipinski definition) is 1. The zero-order chi connectivity index (χ0) is 12.4. The summed E-state index contributed by atoms with van der Waals surface area (Å²) in [5, 5.41) is 0.800. The van der Waals surface area contributed by atoms with Crippen molar-refractivity contribution in [3.63, 3.8) is 0 Å². The van der Waals surface area contributed by atoms with Gasteiger partial charge in [-0.2, -0.15) is 0 Å². The van der Waals surface area contributed by atoms with Crippen LogP contribution in [0.15, 0.2) is 35.1 Å². The number of hydrogen-bond acceptors (Lipinski definition) is 2. The summed E-state index contributed by atoms with van der Waals surface area (Å²) in [6.07, 6.45) is 5.30. The maximum atomic E-state index is 11.6. The first-order chi connectivity index (χ1) is 8.11. The molecule has 17 heavy (non-hydrogen) atoms. The van der Waals surface area contributed by atoms with Crippen LogP contribution in [-0.4, -0.2) is 10.6 Å². The number of nitrogens with one attached hydrogen (secondary N) is 1. The van der Waals surface area contributed by atoms with Crippen molar-refractivity contribution in [3.8, 4) is 12.3 Å². The number of benzene rings is 1. The van der Waals surface area contributed by atoms with E-state index in [1.807, 2.05) is 0 Å². The lowest BCUT2D eigenvalue weighted by atomic mass is 10.1. The molecule has 0 spiro atoms. The van der Waals surface area contributed by atoms with Gasteiger partial charge in [-0.1, -0.05) is 5.92 Å². The molecule has 1 aromatic heterocycles. The first-order valence-electron chi connectivity index (χ1n) is 5.02. The second-order valence-electron chi connectivity index (χ2n) is 3.59. The molecule has 2 aromatic rings. The highest BCUT2D eigenvalue weighted by molar-refractivity contribution is 5.86. The molecule has 1 amide bonds. The number of carbonyl (C=O) groups excluding carboxylic acids is 1. The number of amides is 1. The highest BCUT2D eigenvalue weighted by atomic mass is 16.2. The fourth-order valence-corrected chi connectivity index (χ4v) is 1.61. The van der Waals surface area contributed by atoms with E-state index in [1.54, 1.807) is 24.3 Å². The fraction of sp³-hybridized carbons (Fsp3) is 0.0769. The van der Waals surface area contributed by atoms with Gasteiger partial charge in [0.25, 0.3) is 5.56 Å². The molecule has 0 bridgehead atoms. The number of carbonyl (C=O) groups is 1. The van der Waals surface area contributed by atoms with Gasteiger partial charge in [0.1, 0.15) is 0 Å². The van der Waals surface area contributed by atoms with Crippen LogP contribution in [0.2, 0.25) is 0 Å². The van der Waals surface area contributed by atoms with Gasteiger partial charge in [-0.15, -0.1) is 6.42 Å². The van der Waals surface area contributed by atoms with Crippen LogP contribution in [0.5, 0.6) is 0 Å². The lowest BCUT2D eigenvalue weighted by Crippen LogP contribution is -2.31. The van der Waals surface area contributed by atoms with E-state index in [9.17, 15) is 9.59 Å². The molecule has 0 saturated heterocycles. The van der Waals surface area contributed by atoms with Gasteiger partial charge in [0.05, 0.1) is 5.52 Å². The summed E-state index contributed by atoms with van der Waals surface area (Å²) in [4.78, 5) is 22.7. The summed E-state index contributed by atoms with van der Waals surface area (Å²) < 4.78 is 1.21. The third-order valence-corrected chi connectivity index (χ3v) is 2.33. The van der Waals surface area contributed by atoms with Crippen LogP contribution >= 0.6 is 0 Å². The largest absolute Gasteiger partial charge is 0.274 e. The molecule has 4 heteroatoms. The monoisotopic (exact) mass is 226 g/mol. The Morgan fingerprint density at radius 1 is 1.35 bits per heavy atom. The number of terminal acetylenes is 1. The SMILES string of the molecule is C#Cc1ccc2c(ccc(=O)n2NC(C)=O)c1. The third kappa shape index (κ3) is 2.04. The Hall–Kier alpha value is -2.54. The molecule has 0 aliphatic heterocycles. The zero-order valence-corrected chi connectivity index (χ0v) is 9.23. The van der Waals surface area contributed by atoms with Crippen molar-refractivity contribution >= 4 is 16.8 Å². The van der Waals surface area contributed by atoms with Gasteiger partial charge in [0.15, 0.2) is 0 Å². The molecule has 1 aromatic carbocycles. The van der Waals surface area contributed by atoms with Gasteiger partial charge >= 0.3 is 0 Å². The van der Waals surface area contributed by atoms with E-state index in [0.717, 1.165) is 10.9 Å². The first-order valence-corrected chi connectivity index (χ1v) is 5.02. The molecule has 1 heterocycles. The third-order valence-electron chi connectivity index (χ3n) is 2.33. The molecule has 0 radical (unpaired) electrons. The predicted octanol–water partition coefficient (Wildman–Crippen LogP) is 1.07. The van der Waals surface area contributed by atoms with Gasteiger partial charge in [0, 0.05) is 23.9 Å². The van der Waals surface area contributed by atoms with E-state index >= 15 is 0 Å². The van der Waals surface area contributed by atoms with Crippen LogP contribution in [0.1, 0.15) is 12.5 Å². The summed E-state index contributed by atoms with van der Waals surface area (Å²) in [6, 6.07) is 8.28. The number of nitrogens with zero attached hydrogens (tertiary/aromatic N) is 1. The minimum atomic E-state index is -0.305. The molecule has 0 aliphatic rings. The normalized spacial score (nSPS) is 9.88. The van der Waals surface area contributed by atoms with E-state index in [-0.39, 0.29) is 11.5 Å². The lowest BCUT2D eigenvalue weighted by molar-refractivity contribution is -0.115. The summed E-state index contributed by atoms with van der Waals surface area (Å²) >= 11 is 0. The number of fused-ring (bicyclic) bond motifs is 1. The topological polar surface area (TPSA) is 51.1 Å². The molecule has 0 fully saturated rings. The smallest absolute Gasteiger partial charge is 0.269 e. The van der Waals surface area contributed by atoms with Crippen LogP contribution < -0.4 is 11.0 Å². The summed E-state index contributed by atoms with van der Waals surface area (Å²) in [5.74, 6) is 2.21. The minimum absolute atomic E-state index is 0.291. The average molecular weight is 226 g/mol. The highest BCUT2D eigenvalue weighted by Gasteiger charge is 2.04. The summed E-state index contributed by atoms with van der Waals surface area (Å²) in [5.41, 5.74) is 3.52. The lowest BCUT2D eigenvalue weighted by Gasteiger charge is -2.09. The minimum Gasteiger partial charge on any atom is -0.274 e. The predicted molar refractivity (Wildman–Crippen MR) is 66.2 cm³/mol. The zero-order valence-electron chi connectivity index (χ0n) is 9.23. The first kappa shape index (κ1) is 11.0. The van der Waals surface area contributed by atoms with Crippen molar-refractivity contribution in [2.24, 2.45) is 0 Å². The average Bonchev–Trinajstić information content (AvgIpc) is 2.32. The quantitative estimate of drug-likeness (QED) is 0.739. The fourth-order valence-electron chi connectivity index (χ4n) is 1.61. The molecule has 0 unspecified atom stereocenters. The number of rotatable bonds is 1. The van der Waals surface area contributed by atoms with Gasteiger partial charge in [-0.25, -0.2) is 4.68 Å². The van der Waals surface area contributed by atoms with Gasteiger partial charge in [-0.05, 0) is 24.3 Å². The Balaban J connectivity index is 2.74. The van der Waals surface area contributed by atoms with Gasteiger partial charge in [-0.3, -0.25) is 15.0 Å². The Kier molecular flexibility index (Phi) is 2.67. The van der Waals surface area contributed by atoms with Crippen LogP contribution in [0, 0.1) is 12.3 Å². The van der Waals surface area contributed by atoms with Crippen LogP contribution in [-0.2, 0) is 4.79 Å². The van der Waals surface area contributed by atoms with Gasteiger partial charge < -0.3 is 0 Å². The molecule has 4 nitrogen and oxygen atoms in total. The van der Waals surface area contributed by atoms with Crippen molar-refractivity contribution < 1.29 is 4.79 Å². The van der Waals surface area contributed by atoms with E-state index in [2.05, 4.69) is 11.3 Å². The van der Waals surface area contributed by atoms with E-state index in [1.165, 1.54) is 17.7 Å². The van der Waals surface area contributed by atoms with Crippen LogP contribution in [0.25, 0.3) is 10.9 Å². The summed E-state index contributed by atoms with van der Waals surface area (Å²) in [6.45, 7) is 1.35. The maximum Gasteiger partial charge on any atom is 0.269 e. The molecule has 2 rings (SSSR count). The van der Waals surface area contributed by atoms with Crippen molar-refractivity contribution in [2.45, 2.75) is 6.92 Å². The Morgan fingerprint density at radius 3 is 2.76 bits per heavy atom. The highest BCUT2D eigenvalue weighted by Crippen LogP contribution is 2.13. The van der Waals surface area contributed by atoms with Crippen LogP contribution in [0.4, 0.5) is 0 Å². The Labute approximate surface area is 97.8 Å². The number of pyridine rings is 1. The molecule has 0 saturated carbocycles. The molecule has 84 valence electrons. The van der Waals surface area contributed by atoms with Gasteiger partial charge in [0.2, 0.25) is 5.91 Å². The van der Waals surface area contributed by atoms with Crippen molar-refractivity contribution in [1.82, 2.24) is 4.68 Å². The van der Waals surface area contributed by atoms with Crippen molar-refractivity contribution in [1.29, 1.82) is 0 Å². The molecule has 0 aliphatic carbocycles. The van der Waals surface area contributed by atoms with E-state index in [4.69, 9.17) is 6.42 Å². The second-order valence-corrected chi connectivity index (χ2v) is 3.59. The standard InChI is InChI=1S/C13H10N2O2/c1-3-10-4-6-12-11(8-10)5-7-13(17)15(12)14-9(2)16/h1,4-8H,2H3,(H,14,16). The second kappa shape index (κ2) is 4.14. The van der Waals surface area contributed by atoms with Crippen molar-refractivity contribution in [3.05, 3.63) is 46.2 Å². The molecule has 0 atom stereocenters. The van der Waals surface area contributed by atoms with E-state index < -0.39 is 0 Å². The summed E-state index contributed by atoms with van der Waals surface area (Å²) in [7, 11) is 0. The Bertz CT molecular complexity index is 693. The molecular weight excluding hydrogens is 216 g/mol. The Morgan fingerprint density at radius 2 is 2.12 bits per heavy atom. The molecule has 1 N–H and O–H groups in total. The molecular formula is C13H10N2O2.